The molecule has 0 radical (unpaired) electrons. The molecule has 0 aliphatic heterocycles. The van der Waals surface area contributed by atoms with Gasteiger partial charge in [-0.25, -0.2) is 0 Å². The van der Waals surface area contributed by atoms with Gasteiger partial charge in [-0.2, -0.15) is 13.2 Å². The summed E-state index contributed by atoms with van der Waals surface area (Å²) < 4.78 is 40.4. The molecule has 5 heteroatoms. The molecule has 0 nitrogen and oxygen atoms in total. The van der Waals surface area contributed by atoms with Crippen LogP contribution >= 0.6 is 0 Å². The van der Waals surface area contributed by atoms with E-state index in [1.54, 1.807) is 0 Å². The number of alkyl halides is 3. The zero-order chi connectivity index (χ0) is 14.8. The van der Waals surface area contributed by atoms with Crippen LogP contribution in [-0.4, -0.2) is 21.3 Å². The highest BCUT2D eigenvalue weighted by Gasteiger charge is 2.62. The lowest BCUT2D eigenvalue weighted by molar-refractivity contribution is -0.227. The molecule has 0 amide bonds. The molecule has 0 bridgehead atoms. The first kappa shape index (κ1) is 17.9. The quantitative estimate of drug-likeness (QED) is 0.634. The first-order valence-corrected chi connectivity index (χ1v) is 7.00. The highest BCUT2D eigenvalue weighted by molar-refractivity contribution is 6.54. The molecule has 1 atom stereocenters. The SMILES string of the molecule is BC(BCC)(C(C)(CC)CC)C(C)(C)C(F)(F)F. The van der Waals surface area contributed by atoms with Gasteiger partial charge in [0.25, 0.3) is 0 Å². The average molecular weight is 262 g/mol. The summed E-state index contributed by atoms with van der Waals surface area (Å²) in [5.74, 6) is 0. The van der Waals surface area contributed by atoms with Crippen LogP contribution in [-0.2, 0) is 0 Å². The lowest BCUT2D eigenvalue weighted by atomic mass is 9.25. The second kappa shape index (κ2) is 5.50. The maximum atomic E-state index is 13.5. The maximum absolute atomic E-state index is 13.5. The minimum Gasteiger partial charge on any atom is -0.171 e. The molecule has 0 saturated heterocycles. The predicted octanol–water partition coefficient (Wildman–Crippen LogP) is 4.03. The van der Waals surface area contributed by atoms with E-state index in [-0.39, 0.29) is 5.41 Å². The molecule has 0 aromatic carbocycles. The molecule has 0 aromatic rings. The molecule has 106 valence electrons. The normalized spacial score (nSPS) is 17.4. The third kappa shape index (κ3) is 2.60. The molecular weight excluding hydrogens is 235 g/mol. The van der Waals surface area contributed by atoms with Gasteiger partial charge in [0.1, 0.15) is 15.1 Å². The summed E-state index contributed by atoms with van der Waals surface area (Å²) in [5, 5.41) is -0.740. The Morgan fingerprint density at radius 2 is 1.33 bits per heavy atom. The van der Waals surface area contributed by atoms with Crippen molar-refractivity contribution in [3.63, 3.8) is 0 Å². The number of hydrogen-bond donors (Lipinski definition) is 0. The fourth-order valence-corrected chi connectivity index (χ4v) is 3.21. The highest BCUT2D eigenvalue weighted by atomic mass is 19.4. The summed E-state index contributed by atoms with van der Waals surface area (Å²) >= 11 is 0. The predicted molar refractivity (Wildman–Crippen MR) is 77.4 cm³/mol. The molecule has 0 aliphatic rings. The summed E-state index contributed by atoms with van der Waals surface area (Å²) in [5.41, 5.74) is -1.96. The van der Waals surface area contributed by atoms with Crippen LogP contribution in [0.1, 0.15) is 54.4 Å². The van der Waals surface area contributed by atoms with Crippen LogP contribution in [0.2, 0.25) is 11.5 Å². The zero-order valence-electron chi connectivity index (χ0n) is 13.0. The lowest BCUT2D eigenvalue weighted by Gasteiger charge is -2.56. The Labute approximate surface area is 112 Å². The van der Waals surface area contributed by atoms with E-state index in [1.807, 2.05) is 35.5 Å². The average Bonchev–Trinajstić information content (AvgIpc) is 2.26. The van der Waals surface area contributed by atoms with E-state index in [2.05, 4.69) is 0 Å². The van der Waals surface area contributed by atoms with Crippen LogP contribution in [0, 0.1) is 10.8 Å². The van der Waals surface area contributed by atoms with Gasteiger partial charge in [0.05, 0.1) is 5.41 Å². The standard InChI is InChI=1S/C13H27B2F3/c1-7-11(6,8-2)12(14,15-9-3)10(4,5)13(16,17)18/h15H,7-9,14H2,1-6H3. The molecule has 0 N–H and O–H groups in total. The minimum absolute atomic E-state index is 0.290. The van der Waals surface area contributed by atoms with E-state index in [0.29, 0.717) is 7.28 Å². The highest BCUT2D eigenvalue weighted by Crippen LogP contribution is 2.63. The van der Waals surface area contributed by atoms with Crippen molar-refractivity contribution >= 4 is 15.1 Å². The molecule has 0 aromatic heterocycles. The van der Waals surface area contributed by atoms with Crippen molar-refractivity contribution in [3.8, 4) is 0 Å². The van der Waals surface area contributed by atoms with E-state index >= 15 is 0 Å². The van der Waals surface area contributed by atoms with Crippen LogP contribution in [0.4, 0.5) is 13.2 Å². The Bertz CT molecular complexity index is 270. The van der Waals surface area contributed by atoms with E-state index in [1.165, 1.54) is 13.8 Å². The Balaban J connectivity index is 5.81. The second-order valence-electron chi connectivity index (χ2n) is 6.47. The van der Waals surface area contributed by atoms with Gasteiger partial charge in [-0.05, 0) is 5.41 Å². The van der Waals surface area contributed by atoms with Crippen molar-refractivity contribution < 1.29 is 13.2 Å². The van der Waals surface area contributed by atoms with E-state index in [9.17, 15) is 13.2 Å². The van der Waals surface area contributed by atoms with Gasteiger partial charge < -0.3 is 0 Å². The van der Waals surface area contributed by atoms with Crippen molar-refractivity contribution in [2.45, 2.75) is 72.1 Å². The van der Waals surface area contributed by atoms with Crippen molar-refractivity contribution in [3.05, 3.63) is 0 Å². The zero-order valence-corrected chi connectivity index (χ0v) is 13.0. The van der Waals surface area contributed by atoms with E-state index in [4.69, 9.17) is 0 Å². The molecule has 0 heterocycles. The first-order chi connectivity index (χ1) is 7.93. The van der Waals surface area contributed by atoms with Gasteiger partial charge in [-0.15, -0.1) is 0 Å². The molecule has 0 spiro atoms. The van der Waals surface area contributed by atoms with E-state index in [0.717, 1.165) is 19.2 Å². The van der Waals surface area contributed by atoms with Crippen LogP contribution in [0.3, 0.4) is 0 Å². The van der Waals surface area contributed by atoms with Gasteiger partial charge >= 0.3 is 6.18 Å². The Kier molecular flexibility index (Phi) is 5.48. The summed E-state index contributed by atoms with van der Waals surface area (Å²) in [6.07, 6.45) is -1.83. The van der Waals surface area contributed by atoms with Crippen molar-refractivity contribution in [2.24, 2.45) is 10.8 Å². The van der Waals surface area contributed by atoms with Gasteiger partial charge in [-0.3, -0.25) is 0 Å². The molecule has 0 aliphatic carbocycles. The van der Waals surface area contributed by atoms with Gasteiger partial charge in [0.15, 0.2) is 0 Å². The molecular formula is C13H27B2F3. The van der Waals surface area contributed by atoms with Gasteiger partial charge in [-0.1, -0.05) is 65.9 Å². The summed E-state index contributed by atoms with van der Waals surface area (Å²) in [4.78, 5) is 0. The van der Waals surface area contributed by atoms with Crippen molar-refractivity contribution in [1.29, 1.82) is 0 Å². The fourth-order valence-electron chi connectivity index (χ4n) is 3.21. The smallest absolute Gasteiger partial charge is 0.171 e. The Morgan fingerprint density at radius 3 is 1.56 bits per heavy atom. The number of rotatable bonds is 6. The van der Waals surface area contributed by atoms with Crippen LogP contribution in [0.25, 0.3) is 0 Å². The van der Waals surface area contributed by atoms with Crippen LogP contribution in [0.5, 0.6) is 0 Å². The first-order valence-electron chi connectivity index (χ1n) is 7.00. The second-order valence-corrected chi connectivity index (χ2v) is 6.47. The lowest BCUT2D eigenvalue weighted by Crippen LogP contribution is -2.54. The summed E-state index contributed by atoms with van der Waals surface area (Å²) in [6.45, 7) is 10.7. The largest absolute Gasteiger partial charge is 0.393 e. The molecule has 0 fully saturated rings. The molecule has 0 saturated carbocycles. The third-order valence-corrected chi connectivity index (χ3v) is 5.73. The Morgan fingerprint density at radius 1 is 0.944 bits per heavy atom. The summed E-state index contributed by atoms with van der Waals surface area (Å²) in [7, 11) is 2.44. The van der Waals surface area contributed by atoms with Crippen molar-refractivity contribution in [2.75, 3.05) is 0 Å². The number of hydrogen-bond acceptors (Lipinski definition) is 0. The molecule has 1 unspecified atom stereocenters. The Hall–Kier alpha value is -0.0801. The van der Waals surface area contributed by atoms with Crippen LogP contribution < -0.4 is 0 Å². The van der Waals surface area contributed by atoms with Gasteiger partial charge in [0, 0.05) is 0 Å². The number of halogens is 3. The molecule has 0 rings (SSSR count). The third-order valence-electron chi connectivity index (χ3n) is 5.73. The fraction of sp³-hybridized carbons (Fsp3) is 1.00. The van der Waals surface area contributed by atoms with E-state index < -0.39 is 16.8 Å². The maximum Gasteiger partial charge on any atom is 0.393 e. The molecule has 18 heavy (non-hydrogen) atoms. The minimum atomic E-state index is -4.16. The summed E-state index contributed by atoms with van der Waals surface area (Å²) in [6, 6.07) is 0. The van der Waals surface area contributed by atoms with Crippen LogP contribution in [0.15, 0.2) is 0 Å². The monoisotopic (exact) mass is 262 g/mol. The topological polar surface area (TPSA) is 0 Å². The van der Waals surface area contributed by atoms with Crippen molar-refractivity contribution in [1.82, 2.24) is 0 Å². The van der Waals surface area contributed by atoms with Gasteiger partial charge in [0.2, 0.25) is 0 Å².